The van der Waals surface area contributed by atoms with E-state index < -0.39 is 0 Å². The molecule has 0 atom stereocenters. The molecule has 1 fully saturated rings. The maximum atomic E-state index is 10.4. The molecule has 0 aromatic heterocycles. The van der Waals surface area contributed by atoms with Crippen molar-refractivity contribution >= 4 is 17.7 Å². The minimum absolute atomic E-state index is 0.373. The van der Waals surface area contributed by atoms with Gasteiger partial charge < -0.3 is 4.74 Å². The van der Waals surface area contributed by atoms with Crippen molar-refractivity contribution in [3.05, 3.63) is 28.3 Å². The number of isocyanates is 1. The summed E-state index contributed by atoms with van der Waals surface area (Å²) < 4.78 is 5.18. The van der Waals surface area contributed by atoms with Crippen molar-refractivity contribution in [2.45, 2.75) is 25.3 Å². The van der Waals surface area contributed by atoms with Gasteiger partial charge in [0.25, 0.3) is 0 Å². The second kappa shape index (κ2) is 3.93. The van der Waals surface area contributed by atoms with Gasteiger partial charge in [-0.05, 0) is 43.0 Å². The zero-order chi connectivity index (χ0) is 11.8. The van der Waals surface area contributed by atoms with Gasteiger partial charge in [-0.3, -0.25) is 0 Å². The Kier molecular flexibility index (Phi) is 2.75. The Morgan fingerprint density at radius 1 is 1.50 bits per heavy atom. The van der Waals surface area contributed by atoms with E-state index in [1.807, 2.05) is 19.1 Å². The molecule has 4 heteroatoms. The third-order valence-corrected chi connectivity index (χ3v) is 3.23. The number of aryl methyl sites for hydroxylation is 1. The molecule has 1 aliphatic rings. The molecule has 0 aliphatic heterocycles. The van der Waals surface area contributed by atoms with Crippen molar-refractivity contribution in [1.82, 2.24) is 0 Å². The first-order valence-electron chi connectivity index (χ1n) is 5.06. The van der Waals surface area contributed by atoms with E-state index in [4.69, 9.17) is 16.3 Å². The van der Waals surface area contributed by atoms with Gasteiger partial charge in [-0.15, -0.1) is 0 Å². The summed E-state index contributed by atoms with van der Waals surface area (Å²) in [6.07, 6.45) is 3.40. The van der Waals surface area contributed by atoms with Crippen molar-refractivity contribution in [1.29, 1.82) is 0 Å². The van der Waals surface area contributed by atoms with Crippen molar-refractivity contribution in [3.63, 3.8) is 0 Å². The minimum atomic E-state index is -0.373. The molecule has 2 rings (SSSR count). The summed E-state index contributed by atoms with van der Waals surface area (Å²) in [7, 11) is 1.59. The third kappa shape index (κ3) is 1.73. The molecule has 1 aromatic rings. The van der Waals surface area contributed by atoms with Gasteiger partial charge in [-0.2, -0.15) is 4.99 Å². The van der Waals surface area contributed by atoms with Gasteiger partial charge in [0.2, 0.25) is 6.08 Å². The first kappa shape index (κ1) is 11.2. The van der Waals surface area contributed by atoms with Crippen molar-refractivity contribution in [2.24, 2.45) is 4.99 Å². The van der Waals surface area contributed by atoms with Crippen LogP contribution in [0.25, 0.3) is 0 Å². The number of hydrogen-bond acceptors (Lipinski definition) is 3. The summed E-state index contributed by atoms with van der Waals surface area (Å²) in [5, 5.41) is 0.560. The lowest BCUT2D eigenvalue weighted by Gasteiger charge is -2.13. The summed E-state index contributed by atoms with van der Waals surface area (Å²) in [5.74, 6) is 0.677. The second-order valence-corrected chi connectivity index (χ2v) is 4.45. The Bertz CT molecular complexity index is 451. The number of rotatable bonds is 3. The molecule has 0 heterocycles. The Morgan fingerprint density at radius 3 is 2.62 bits per heavy atom. The van der Waals surface area contributed by atoms with Crippen LogP contribution in [0.5, 0.6) is 5.75 Å². The lowest BCUT2D eigenvalue weighted by Crippen LogP contribution is -2.03. The number of hydrogen-bond donors (Lipinski definition) is 0. The maximum absolute atomic E-state index is 10.4. The van der Waals surface area contributed by atoms with E-state index in [9.17, 15) is 4.79 Å². The minimum Gasteiger partial charge on any atom is -0.495 e. The van der Waals surface area contributed by atoms with Crippen molar-refractivity contribution in [3.8, 4) is 5.75 Å². The first-order chi connectivity index (χ1) is 7.63. The second-order valence-electron chi connectivity index (χ2n) is 4.04. The number of benzene rings is 1. The molecule has 0 amide bonds. The van der Waals surface area contributed by atoms with Crippen LogP contribution in [0.1, 0.15) is 24.0 Å². The maximum Gasteiger partial charge on any atom is 0.235 e. The zero-order valence-corrected chi connectivity index (χ0v) is 9.97. The van der Waals surface area contributed by atoms with Crippen LogP contribution in [0.4, 0.5) is 0 Å². The Hall–Kier alpha value is -1.31. The topological polar surface area (TPSA) is 38.7 Å². The SMILES string of the molecule is COc1c(C)cc(C2(N=C=O)CC2)cc1Cl. The molecule has 3 nitrogen and oxygen atoms in total. The van der Waals surface area contributed by atoms with Crippen LogP contribution in [0.3, 0.4) is 0 Å². The smallest absolute Gasteiger partial charge is 0.235 e. The van der Waals surface area contributed by atoms with E-state index in [1.54, 1.807) is 13.2 Å². The molecule has 0 saturated heterocycles. The summed E-state index contributed by atoms with van der Waals surface area (Å²) in [5.41, 5.74) is 1.55. The fourth-order valence-electron chi connectivity index (χ4n) is 1.93. The predicted molar refractivity (Wildman–Crippen MR) is 61.8 cm³/mol. The van der Waals surface area contributed by atoms with Crippen LogP contribution in [-0.2, 0) is 10.3 Å². The van der Waals surface area contributed by atoms with Gasteiger partial charge in [-0.25, -0.2) is 4.79 Å². The summed E-state index contributed by atoms with van der Waals surface area (Å²) in [4.78, 5) is 14.2. The molecule has 0 unspecified atom stereocenters. The molecule has 1 aromatic carbocycles. The van der Waals surface area contributed by atoms with Gasteiger partial charge in [-0.1, -0.05) is 11.6 Å². The quantitative estimate of drug-likeness (QED) is 0.599. The Labute approximate surface area is 99.1 Å². The largest absolute Gasteiger partial charge is 0.495 e. The summed E-state index contributed by atoms with van der Waals surface area (Å²) in [6.45, 7) is 1.93. The van der Waals surface area contributed by atoms with Crippen molar-refractivity contribution in [2.75, 3.05) is 7.11 Å². The molecule has 1 saturated carbocycles. The molecule has 16 heavy (non-hydrogen) atoms. The monoisotopic (exact) mass is 237 g/mol. The average Bonchev–Trinajstić information content (AvgIpc) is 2.99. The third-order valence-electron chi connectivity index (χ3n) is 2.95. The fourth-order valence-corrected chi connectivity index (χ4v) is 2.27. The molecule has 0 N–H and O–H groups in total. The van der Waals surface area contributed by atoms with Crippen LogP contribution in [0, 0.1) is 6.92 Å². The van der Waals surface area contributed by atoms with Crippen LogP contribution >= 0.6 is 11.6 Å². The first-order valence-corrected chi connectivity index (χ1v) is 5.44. The molecule has 0 bridgehead atoms. The zero-order valence-electron chi connectivity index (χ0n) is 9.21. The highest BCUT2D eigenvalue weighted by Crippen LogP contribution is 2.50. The highest BCUT2D eigenvalue weighted by Gasteiger charge is 2.45. The van der Waals surface area contributed by atoms with E-state index in [-0.39, 0.29) is 5.54 Å². The molecule has 1 aliphatic carbocycles. The van der Waals surface area contributed by atoms with E-state index in [2.05, 4.69) is 4.99 Å². The van der Waals surface area contributed by atoms with Crippen LogP contribution < -0.4 is 4.74 Å². The predicted octanol–water partition coefficient (Wildman–Crippen LogP) is 2.98. The molecule has 84 valence electrons. The van der Waals surface area contributed by atoms with Gasteiger partial charge in [0.1, 0.15) is 5.75 Å². The molecule has 0 spiro atoms. The highest BCUT2D eigenvalue weighted by molar-refractivity contribution is 6.32. The molecular formula is C12H12ClNO2. The number of halogens is 1. The standard InChI is InChI=1S/C12H12ClNO2/c1-8-5-9(6-10(13)11(8)16-2)12(3-4-12)14-7-15/h5-6H,3-4H2,1-2H3. The van der Waals surface area contributed by atoms with E-state index >= 15 is 0 Å². The van der Waals surface area contributed by atoms with Gasteiger partial charge in [0.05, 0.1) is 17.7 Å². The van der Waals surface area contributed by atoms with Gasteiger partial charge >= 0.3 is 0 Å². The summed E-state index contributed by atoms with van der Waals surface area (Å²) >= 11 is 6.10. The van der Waals surface area contributed by atoms with Gasteiger partial charge in [0, 0.05) is 0 Å². The number of carbonyl (C=O) groups excluding carboxylic acids is 1. The van der Waals surface area contributed by atoms with E-state index in [1.165, 1.54) is 0 Å². The van der Waals surface area contributed by atoms with Gasteiger partial charge in [0.15, 0.2) is 0 Å². The number of aliphatic imine (C=N–C) groups is 1. The Balaban J connectivity index is 2.48. The highest BCUT2D eigenvalue weighted by atomic mass is 35.5. The molecular weight excluding hydrogens is 226 g/mol. The lowest BCUT2D eigenvalue weighted by atomic mass is 10.0. The van der Waals surface area contributed by atoms with Crippen LogP contribution in [0.2, 0.25) is 5.02 Å². The van der Waals surface area contributed by atoms with Crippen LogP contribution in [0.15, 0.2) is 17.1 Å². The summed E-state index contributed by atoms with van der Waals surface area (Å²) in [6, 6.07) is 3.79. The number of methoxy groups -OCH3 is 1. The lowest BCUT2D eigenvalue weighted by molar-refractivity contribution is 0.411. The average molecular weight is 238 g/mol. The van der Waals surface area contributed by atoms with E-state index in [0.717, 1.165) is 24.0 Å². The van der Waals surface area contributed by atoms with Crippen LogP contribution in [-0.4, -0.2) is 13.2 Å². The Morgan fingerprint density at radius 2 is 2.19 bits per heavy atom. The number of ether oxygens (including phenoxy) is 1. The number of nitrogens with zero attached hydrogens (tertiary/aromatic N) is 1. The van der Waals surface area contributed by atoms with E-state index in [0.29, 0.717) is 10.8 Å². The molecule has 0 radical (unpaired) electrons. The normalized spacial score (nSPS) is 16.4. The van der Waals surface area contributed by atoms with Crippen molar-refractivity contribution < 1.29 is 9.53 Å². The fraction of sp³-hybridized carbons (Fsp3) is 0.417.